The fourth-order valence-electron chi connectivity index (χ4n) is 4.27. The van der Waals surface area contributed by atoms with Gasteiger partial charge in [-0.25, -0.2) is 0 Å². The predicted molar refractivity (Wildman–Crippen MR) is 147 cm³/mol. The monoisotopic (exact) mass is 501 g/mol. The molecule has 0 aliphatic carbocycles. The molecule has 35 heavy (non-hydrogen) atoms. The van der Waals surface area contributed by atoms with Gasteiger partial charge in [0.15, 0.2) is 0 Å². The van der Waals surface area contributed by atoms with Crippen LogP contribution in [0, 0.1) is 0 Å². The van der Waals surface area contributed by atoms with Gasteiger partial charge in [0.2, 0.25) is 5.91 Å². The number of carbonyl (C=O) groups is 1. The van der Waals surface area contributed by atoms with Crippen molar-refractivity contribution in [3.05, 3.63) is 58.6 Å². The van der Waals surface area contributed by atoms with Crippen LogP contribution in [0.2, 0.25) is 5.02 Å². The number of rotatable bonds is 18. The van der Waals surface area contributed by atoms with Gasteiger partial charge in [-0.15, -0.1) is 0 Å². The van der Waals surface area contributed by atoms with E-state index in [9.17, 15) is 9.90 Å². The number of nitrogens with zero attached hydrogens (tertiary/aromatic N) is 1. The number of amides is 1. The summed E-state index contributed by atoms with van der Waals surface area (Å²) in [5, 5.41) is 9.96. The number of carbonyl (C=O) groups excluding carboxylic acids is 1. The fraction of sp³-hybridized carbons (Fsp3) is 0.567. The largest absolute Gasteiger partial charge is 0.492 e. The third-order valence-electron chi connectivity index (χ3n) is 6.38. The second-order valence-corrected chi connectivity index (χ2v) is 9.84. The number of halogens is 1. The Morgan fingerprint density at radius 2 is 1.49 bits per heavy atom. The van der Waals surface area contributed by atoms with E-state index in [1.165, 1.54) is 70.6 Å². The highest BCUT2D eigenvalue weighted by Crippen LogP contribution is 2.28. The van der Waals surface area contributed by atoms with Crippen molar-refractivity contribution in [2.45, 2.75) is 104 Å². The number of ether oxygens (including phenoxy) is 1. The first-order valence-electron chi connectivity index (χ1n) is 13.4. The standard InChI is InChI=1S/C30H44ClNO3/c1-3-4-5-6-7-8-9-10-11-12-13-14-20-35-30-19-18-26(22-29(30)31)23-32(25(2)34)28-17-15-16-27(21-28)24-33/h15-19,21-22,33H,3-14,20,23-24H2,1-2H3. The second kappa shape index (κ2) is 17.4. The second-order valence-electron chi connectivity index (χ2n) is 9.44. The maximum Gasteiger partial charge on any atom is 0.224 e. The molecule has 2 aromatic rings. The maximum absolute atomic E-state index is 12.3. The molecule has 0 saturated heterocycles. The van der Waals surface area contributed by atoms with Crippen LogP contribution in [-0.4, -0.2) is 17.6 Å². The van der Waals surface area contributed by atoms with E-state index >= 15 is 0 Å². The number of hydrogen-bond donors (Lipinski definition) is 1. The fourth-order valence-corrected chi connectivity index (χ4v) is 4.53. The zero-order valence-electron chi connectivity index (χ0n) is 21.7. The van der Waals surface area contributed by atoms with Crippen LogP contribution in [0.1, 0.15) is 102 Å². The summed E-state index contributed by atoms with van der Waals surface area (Å²) in [6.07, 6.45) is 15.8. The summed E-state index contributed by atoms with van der Waals surface area (Å²) in [5.74, 6) is 0.624. The smallest absolute Gasteiger partial charge is 0.224 e. The molecule has 0 aliphatic rings. The van der Waals surface area contributed by atoms with Crippen molar-refractivity contribution in [1.29, 1.82) is 0 Å². The van der Waals surface area contributed by atoms with Crippen LogP contribution < -0.4 is 9.64 Å². The van der Waals surface area contributed by atoms with Crippen molar-refractivity contribution in [2.24, 2.45) is 0 Å². The van der Waals surface area contributed by atoms with Gasteiger partial charge in [0.1, 0.15) is 5.75 Å². The summed E-state index contributed by atoms with van der Waals surface area (Å²) in [5.41, 5.74) is 2.46. The quantitative estimate of drug-likeness (QED) is 0.208. The molecule has 0 radical (unpaired) electrons. The average Bonchev–Trinajstić information content (AvgIpc) is 2.86. The van der Waals surface area contributed by atoms with Crippen LogP contribution in [0.25, 0.3) is 0 Å². The van der Waals surface area contributed by atoms with Crippen molar-refractivity contribution >= 4 is 23.2 Å². The van der Waals surface area contributed by atoms with Crippen molar-refractivity contribution in [3.8, 4) is 5.75 Å². The van der Waals surface area contributed by atoms with Crippen molar-refractivity contribution < 1.29 is 14.6 Å². The topological polar surface area (TPSA) is 49.8 Å². The Morgan fingerprint density at radius 1 is 0.857 bits per heavy atom. The lowest BCUT2D eigenvalue weighted by atomic mass is 10.1. The van der Waals surface area contributed by atoms with Gasteiger partial charge in [0.25, 0.3) is 0 Å². The van der Waals surface area contributed by atoms with Crippen LogP contribution in [0.5, 0.6) is 5.75 Å². The zero-order valence-corrected chi connectivity index (χ0v) is 22.5. The highest BCUT2D eigenvalue weighted by atomic mass is 35.5. The SMILES string of the molecule is CCCCCCCCCCCCCCOc1ccc(CN(C(C)=O)c2cccc(CO)c2)cc1Cl. The normalized spacial score (nSPS) is 11.0. The molecule has 0 aromatic heterocycles. The van der Waals surface area contributed by atoms with Crippen LogP contribution in [-0.2, 0) is 17.9 Å². The van der Waals surface area contributed by atoms with E-state index in [0.29, 0.717) is 23.9 Å². The number of unbranched alkanes of at least 4 members (excludes halogenated alkanes) is 11. The summed E-state index contributed by atoms with van der Waals surface area (Å²) in [6.45, 7) is 4.83. The summed E-state index contributed by atoms with van der Waals surface area (Å²) in [6, 6.07) is 13.1. The molecule has 5 heteroatoms. The Kier molecular flexibility index (Phi) is 14.5. The van der Waals surface area contributed by atoms with Crippen molar-refractivity contribution in [3.63, 3.8) is 0 Å². The van der Waals surface area contributed by atoms with E-state index in [1.54, 1.807) is 11.8 Å². The predicted octanol–water partition coefficient (Wildman–Crippen LogP) is 8.47. The van der Waals surface area contributed by atoms with Crippen LogP contribution in [0.3, 0.4) is 0 Å². The first-order valence-corrected chi connectivity index (χ1v) is 13.8. The van der Waals surface area contributed by atoms with Gasteiger partial charge in [-0.1, -0.05) is 107 Å². The Balaban J connectivity index is 1.68. The van der Waals surface area contributed by atoms with Gasteiger partial charge in [-0.05, 0) is 41.8 Å². The highest BCUT2D eigenvalue weighted by molar-refractivity contribution is 6.32. The van der Waals surface area contributed by atoms with Gasteiger partial charge >= 0.3 is 0 Å². The van der Waals surface area contributed by atoms with E-state index in [-0.39, 0.29) is 12.5 Å². The lowest BCUT2D eigenvalue weighted by Crippen LogP contribution is -2.27. The Bertz CT molecular complexity index is 870. The van der Waals surface area contributed by atoms with Crippen molar-refractivity contribution in [1.82, 2.24) is 0 Å². The first-order chi connectivity index (χ1) is 17.0. The molecule has 0 aliphatic heterocycles. The molecule has 1 amide bonds. The first kappa shape index (κ1) is 29.2. The van der Waals surface area contributed by atoms with Gasteiger partial charge in [0.05, 0.1) is 24.8 Å². The van der Waals surface area contributed by atoms with Gasteiger partial charge < -0.3 is 14.7 Å². The van der Waals surface area contributed by atoms with Gasteiger partial charge in [0, 0.05) is 12.6 Å². The molecule has 0 heterocycles. The molecule has 2 aromatic carbocycles. The van der Waals surface area contributed by atoms with Crippen LogP contribution in [0.15, 0.2) is 42.5 Å². The van der Waals surface area contributed by atoms with Gasteiger partial charge in [-0.2, -0.15) is 0 Å². The minimum atomic E-state index is -0.0662. The third kappa shape index (κ3) is 11.5. The van der Waals surface area contributed by atoms with E-state index < -0.39 is 0 Å². The molecule has 0 unspecified atom stereocenters. The maximum atomic E-state index is 12.3. The Morgan fingerprint density at radius 3 is 2.06 bits per heavy atom. The minimum absolute atomic E-state index is 0.0589. The Labute approximate surface area is 217 Å². The molecule has 194 valence electrons. The molecule has 4 nitrogen and oxygen atoms in total. The molecule has 2 rings (SSSR count). The summed E-state index contributed by atoms with van der Waals surface area (Å²) in [7, 11) is 0. The minimum Gasteiger partial charge on any atom is -0.492 e. The lowest BCUT2D eigenvalue weighted by molar-refractivity contribution is -0.116. The summed E-state index contributed by atoms with van der Waals surface area (Å²) >= 11 is 6.48. The summed E-state index contributed by atoms with van der Waals surface area (Å²) < 4.78 is 5.91. The zero-order chi connectivity index (χ0) is 25.3. The van der Waals surface area contributed by atoms with Crippen molar-refractivity contribution in [2.75, 3.05) is 11.5 Å². The molecular formula is C30H44ClNO3. The number of aliphatic hydroxyl groups excluding tert-OH is 1. The number of aliphatic hydroxyl groups is 1. The summed E-state index contributed by atoms with van der Waals surface area (Å²) in [4.78, 5) is 13.9. The molecule has 1 N–H and O–H groups in total. The van der Waals surface area contributed by atoms with Crippen LogP contribution >= 0.6 is 11.6 Å². The molecule has 0 saturated carbocycles. The number of benzene rings is 2. The highest BCUT2D eigenvalue weighted by Gasteiger charge is 2.14. The van der Waals surface area contributed by atoms with Crippen LogP contribution in [0.4, 0.5) is 5.69 Å². The number of hydrogen-bond acceptors (Lipinski definition) is 3. The average molecular weight is 502 g/mol. The van der Waals surface area contributed by atoms with E-state index in [0.717, 1.165) is 23.2 Å². The van der Waals surface area contributed by atoms with E-state index in [2.05, 4.69) is 6.92 Å². The molecule has 0 spiro atoms. The Hall–Kier alpha value is -2.04. The third-order valence-corrected chi connectivity index (χ3v) is 6.67. The van der Waals surface area contributed by atoms with E-state index in [4.69, 9.17) is 16.3 Å². The lowest BCUT2D eigenvalue weighted by Gasteiger charge is -2.22. The molecule has 0 atom stereocenters. The molecule has 0 fully saturated rings. The number of anilines is 1. The van der Waals surface area contributed by atoms with Gasteiger partial charge in [-0.3, -0.25) is 4.79 Å². The van der Waals surface area contributed by atoms with E-state index in [1.807, 2.05) is 42.5 Å². The molecular weight excluding hydrogens is 458 g/mol. The molecule has 0 bridgehead atoms.